The van der Waals surface area contributed by atoms with Crippen LogP contribution >= 0.6 is 0 Å². The quantitative estimate of drug-likeness (QED) is 0.293. The lowest BCUT2D eigenvalue weighted by Gasteiger charge is -2.44. The Kier molecular flexibility index (Phi) is 10.7. The molecule has 0 saturated carbocycles. The normalized spacial score (nSPS) is 18.9. The van der Waals surface area contributed by atoms with Gasteiger partial charge in [0.1, 0.15) is 17.3 Å². The molecule has 2 saturated heterocycles. The van der Waals surface area contributed by atoms with Crippen molar-refractivity contribution in [1.29, 1.82) is 0 Å². The minimum absolute atomic E-state index is 0.0352. The molecule has 2 fully saturated rings. The monoisotopic (exact) mass is 654 g/mol. The summed E-state index contributed by atoms with van der Waals surface area (Å²) in [5, 5.41) is 9.13. The molecule has 10 nitrogen and oxygen atoms in total. The van der Waals surface area contributed by atoms with Gasteiger partial charge in [0.05, 0.1) is 35.6 Å². The van der Waals surface area contributed by atoms with Gasteiger partial charge in [0.25, 0.3) is 12.4 Å². The van der Waals surface area contributed by atoms with Crippen LogP contribution in [0.5, 0.6) is 0 Å². The van der Waals surface area contributed by atoms with Crippen LogP contribution in [-0.4, -0.2) is 90.9 Å². The molecule has 2 aliphatic rings. The van der Waals surface area contributed by atoms with Crippen LogP contribution in [0.15, 0.2) is 36.7 Å². The smallest absolute Gasteiger partial charge is 0.417 e. The van der Waals surface area contributed by atoms with Crippen LogP contribution in [-0.2, 0) is 15.7 Å². The van der Waals surface area contributed by atoms with Gasteiger partial charge in [-0.3, -0.25) is 14.5 Å². The number of halogens is 6. The van der Waals surface area contributed by atoms with Gasteiger partial charge in [0.2, 0.25) is 5.95 Å². The van der Waals surface area contributed by atoms with E-state index in [1.165, 1.54) is 12.4 Å². The number of benzene rings is 2. The third kappa shape index (κ3) is 7.50. The molecule has 2 N–H and O–H groups in total. The number of ether oxygens (including phenoxy) is 1. The molecule has 3 aromatic rings. The van der Waals surface area contributed by atoms with E-state index in [4.69, 9.17) is 14.6 Å². The molecule has 248 valence electrons. The number of nitrogens with one attached hydrogen (secondary N) is 1. The van der Waals surface area contributed by atoms with Gasteiger partial charge in [0.15, 0.2) is 5.82 Å². The Balaban J connectivity index is 0.00000154. The summed E-state index contributed by atoms with van der Waals surface area (Å²) in [5.41, 5.74) is -3.59. The van der Waals surface area contributed by atoms with Crippen molar-refractivity contribution in [2.75, 3.05) is 61.6 Å². The number of aromatic nitrogens is 2. The molecule has 0 aliphatic carbocycles. The highest BCUT2D eigenvalue weighted by Crippen LogP contribution is 2.40. The first-order chi connectivity index (χ1) is 21.8. The number of likely N-dealkylation sites (N-methyl/N-ethyl adjacent to an activating group) is 1. The minimum atomic E-state index is -5.06. The van der Waals surface area contributed by atoms with Crippen molar-refractivity contribution in [3.05, 3.63) is 65.2 Å². The number of amides is 1. The second-order valence-corrected chi connectivity index (χ2v) is 10.8. The highest BCUT2D eigenvalue weighted by molar-refractivity contribution is 6.07. The summed E-state index contributed by atoms with van der Waals surface area (Å²) < 4.78 is 92.2. The van der Waals surface area contributed by atoms with Gasteiger partial charge in [-0.05, 0) is 39.1 Å². The van der Waals surface area contributed by atoms with E-state index in [0.29, 0.717) is 57.5 Å². The van der Waals surface area contributed by atoms with Crippen LogP contribution < -0.4 is 15.1 Å². The molecule has 16 heteroatoms. The van der Waals surface area contributed by atoms with Crippen molar-refractivity contribution in [2.45, 2.75) is 32.1 Å². The van der Waals surface area contributed by atoms with Gasteiger partial charge < -0.3 is 25.0 Å². The summed E-state index contributed by atoms with van der Waals surface area (Å²) in [6.45, 7) is 6.27. The standard InChI is InChI=1S/C29H30F6N6O2.CH2O2/c1-16-14-41(15-17(2)39(16)3)23-11-22(31)24(18-12-36-28(37-13-18)40-6-8-43-9-7-40)25(32)26(23)38-27(42)20-5-4-19(30)10-21(20)29(33,34)35;2-1-3/h4-5,10-13,16-17H,6-9,14-15H2,1-3H3,(H,38,42);1H,(H,2,3)/t16-,17+;. The number of carbonyl (C=O) groups is 2. The second kappa shape index (κ2) is 14.3. The zero-order valence-electron chi connectivity index (χ0n) is 25.1. The average molecular weight is 655 g/mol. The Bertz CT molecular complexity index is 1540. The van der Waals surface area contributed by atoms with Crippen LogP contribution in [0.4, 0.5) is 43.7 Å². The van der Waals surface area contributed by atoms with E-state index in [-0.39, 0.29) is 35.9 Å². The molecule has 2 aromatic carbocycles. The van der Waals surface area contributed by atoms with Gasteiger partial charge in [-0.15, -0.1) is 0 Å². The predicted octanol–water partition coefficient (Wildman–Crippen LogP) is 4.90. The number of alkyl halides is 3. The number of piperazine rings is 1. The number of carboxylic acid groups (broad SMARTS) is 1. The Labute approximate surface area is 260 Å². The number of nitrogens with zero attached hydrogens (tertiary/aromatic N) is 5. The third-order valence-electron chi connectivity index (χ3n) is 7.89. The number of rotatable bonds is 5. The summed E-state index contributed by atoms with van der Waals surface area (Å²) in [5.74, 6) is -4.36. The molecule has 1 amide bonds. The first kappa shape index (κ1) is 34.4. The molecular formula is C30H32F6N6O4. The lowest BCUT2D eigenvalue weighted by molar-refractivity contribution is -0.138. The molecular weight excluding hydrogens is 622 g/mol. The van der Waals surface area contributed by atoms with Crippen LogP contribution in [0.1, 0.15) is 29.8 Å². The van der Waals surface area contributed by atoms with Crippen LogP contribution in [0.3, 0.4) is 0 Å². The highest BCUT2D eigenvalue weighted by atomic mass is 19.4. The Hall–Kier alpha value is -4.44. The van der Waals surface area contributed by atoms with Crippen molar-refractivity contribution >= 4 is 29.7 Å². The molecule has 2 aliphatic heterocycles. The number of hydrogen-bond acceptors (Lipinski definition) is 8. The summed E-state index contributed by atoms with van der Waals surface area (Å²) in [7, 11) is 1.91. The minimum Gasteiger partial charge on any atom is -0.483 e. The Morgan fingerprint density at radius 2 is 1.61 bits per heavy atom. The molecule has 0 bridgehead atoms. The van der Waals surface area contributed by atoms with Gasteiger partial charge in [-0.25, -0.2) is 23.1 Å². The number of carbonyl (C=O) groups excluding carboxylic acids is 1. The van der Waals surface area contributed by atoms with E-state index < -0.39 is 51.9 Å². The fourth-order valence-electron chi connectivity index (χ4n) is 5.35. The lowest BCUT2D eigenvalue weighted by Crippen LogP contribution is -2.55. The first-order valence-corrected chi connectivity index (χ1v) is 14.2. The predicted molar refractivity (Wildman–Crippen MR) is 157 cm³/mol. The van der Waals surface area contributed by atoms with E-state index in [0.717, 1.165) is 6.07 Å². The van der Waals surface area contributed by atoms with E-state index in [1.54, 1.807) is 4.90 Å². The van der Waals surface area contributed by atoms with Crippen molar-refractivity contribution in [2.24, 2.45) is 0 Å². The molecule has 46 heavy (non-hydrogen) atoms. The Morgan fingerprint density at radius 3 is 2.17 bits per heavy atom. The zero-order chi connectivity index (χ0) is 33.8. The SMILES string of the molecule is C[C@@H]1CN(c2cc(F)c(-c3cnc(N4CCOCC4)nc3)c(F)c2NC(=O)c2ccc(F)cc2C(F)(F)F)C[C@H](C)N1C.O=CO. The second-order valence-electron chi connectivity index (χ2n) is 10.8. The van der Waals surface area contributed by atoms with E-state index >= 15 is 8.78 Å². The van der Waals surface area contributed by atoms with Crippen molar-refractivity contribution < 1.29 is 45.8 Å². The lowest BCUT2D eigenvalue weighted by atomic mass is 10.0. The molecule has 3 heterocycles. The van der Waals surface area contributed by atoms with Gasteiger partial charge in [-0.1, -0.05) is 0 Å². The molecule has 5 rings (SSSR count). The van der Waals surface area contributed by atoms with Crippen molar-refractivity contribution in [1.82, 2.24) is 14.9 Å². The number of anilines is 3. The van der Waals surface area contributed by atoms with Crippen molar-refractivity contribution in [3.63, 3.8) is 0 Å². The zero-order valence-corrected chi connectivity index (χ0v) is 25.1. The third-order valence-corrected chi connectivity index (χ3v) is 7.89. The molecule has 1 aromatic heterocycles. The summed E-state index contributed by atoms with van der Waals surface area (Å²) in [4.78, 5) is 35.7. The van der Waals surface area contributed by atoms with E-state index in [9.17, 15) is 22.4 Å². The summed E-state index contributed by atoms with van der Waals surface area (Å²) >= 11 is 0. The first-order valence-electron chi connectivity index (χ1n) is 14.2. The fourth-order valence-corrected chi connectivity index (χ4v) is 5.35. The average Bonchev–Trinajstić information content (AvgIpc) is 3.01. The number of morpholine rings is 1. The maximum atomic E-state index is 16.4. The Morgan fingerprint density at radius 1 is 1.02 bits per heavy atom. The van der Waals surface area contributed by atoms with Gasteiger partial charge >= 0.3 is 6.18 Å². The van der Waals surface area contributed by atoms with E-state index in [1.807, 2.05) is 25.8 Å². The largest absolute Gasteiger partial charge is 0.483 e. The molecule has 0 radical (unpaired) electrons. The van der Waals surface area contributed by atoms with Gasteiger partial charge in [0, 0.05) is 62.3 Å². The topological polar surface area (TPSA) is 111 Å². The van der Waals surface area contributed by atoms with Gasteiger partial charge in [-0.2, -0.15) is 13.2 Å². The van der Waals surface area contributed by atoms with Crippen LogP contribution in [0.2, 0.25) is 0 Å². The number of hydrogen-bond donors (Lipinski definition) is 2. The maximum Gasteiger partial charge on any atom is 0.417 e. The maximum absolute atomic E-state index is 16.4. The van der Waals surface area contributed by atoms with E-state index in [2.05, 4.69) is 20.2 Å². The van der Waals surface area contributed by atoms with Crippen LogP contribution in [0, 0.1) is 17.5 Å². The summed E-state index contributed by atoms with van der Waals surface area (Å²) in [6, 6.07) is 2.52. The molecule has 2 atom stereocenters. The molecule has 0 unspecified atom stereocenters. The fraction of sp³-hybridized carbons (Fsp3) is 0.400. The molecule has 0 spiro atoms. The van der Waals surface area contributed by atoms with Crippen molar-refractivity contribution in [3.8, 4) is 11.1 Å². The van der Waals surface area contributed by atoms with Crippen LogP contribution in [0.25, 0.3) is 11.1 Å². The highest BCUT2D eigenvalue weighted by Gasteiger charge is 2.37. The summed E-state index contributed by atoms with van der Waals surface area (Å²) in [6.07, 6.45) is -2.58.